The van der Waals surface area contributed by atoms with Crippen LogP contribution in [0.15, 0.2) is 48.5 Å². The van der Waals surface area contributed by atoms with Crippen LogP contribution in [0.4, 0.5) is 0 Å². The van der Waals surface area contributed by atoms with Gasteiger partial charge in [0.1, 0.15) is 12.0 Å². The number of carbonyl (C=O) groups excluding carboxylic acids is 3. The molecule has 2 rings (SSSR count). The SMILES string of the molecule is COc1ccccc1C(=O)COC(=O)c1ccc(C=O)cc1. The van der Waals surface area contributed by atoms with Gasteiger partial charge in [-0.15, -0.1) is 0 Å². The van der Waals surface area contributed by atoms with Crippen LogP contribution in [0.1, 0.15) is 31.1 Å². The third-order valence-corrected chi connectivity index (χ3v) is 3.02. The van der Waals surface area contributed by atoms with Gasteiger partial charge in [-0.25, -0.2) is 4.79 Å². The normalized spacial score (nSPS) is 9.86. The lowest BCUT2D eigenvalue weighted by atomic mass is 10.1. The molecular weight excluding hydrogens is 284 g/mol. The van der Waals surface area contributed by atoms with Crippen molar-refractivity contribution in [3.8, 4) is 5.75 Å². The van der Waals surface area contributed by atoms with Gasteiger partial charge in [-0.1, -0.05) is 24.3 Å². The van der Waals surface area contributed by atoms with Gasteiger partial charge >= 0.3 is 5.97 Å². The lowest BCUT2D eigenvalue weighted by Crippen LogP contribution is -2.15. The highest BCUT2D eigenvalue weighted by molar-refractivity contribution is 6.01. The molecule has 0 aliphatic heterocycles. The van der Waals surface area contributed by atoms with Crippen molar-refractivity contribution in [1.82, 2.24) is 0 Å². The van der Waals surface area contributed by atoms with E-state index in [0.29, 0.717) is 23.2 Å². The average Bonchev–Trinajstić information content (AvgIpc) is 2.59. The minimum atomic E-state index is -0.624. The van der Waals surface area contributed by atoms with E-state index in [1.807, 2.05) is 0 Å². The lowest BCUT2D eigenvalue weighted by molar-refractivity contribution is 0.0474. The third-order valence-electron chi connectivity index (χ3n) is 3.02. The summed E-state index contributed by atoms with van der Waals surface area (Å²) in [6.07, 6.45) is 0.681. The molecule has 2 aromatic rings. The zero-order chi connectivity index (χ0) is 15.9. The smallest absolute Gasteiger partial charge is 0.338 e. The molecule has 2 aromatic carbocycles. The van der Waals surface area contributed by atoms with E-state index in [9.17, 15) is 14.4 Å². The Morgan fingerprint density at radius 1 is 1.05 bits per heavy atom. The summed E-state index contributed by atoms with van der Waals surface area (Å²) < 4.78 is 10.1. The van der Waals surface area contributed by atoms with Gasteiger partial charge in [-0.05, 0) is 24.3 Å². The molecule has 0 radical (unpaired) electrons. The second-order valence-electron chi connectivity index (χ2n) is 4.44. The Bertz CT molecular complexity index is 688. The third kappa shape index (κ3) is 3.58. The highest BCUT2D eigenvalue weighted by atomic mass is 16.5. The van der Waals surface area contributed by atoms with Gasteiger partial charge in [0.25, 0.3) is 0 Å². The zero-order valence-corrected chi connectivity index (χ0v) is 11.9. The first-order valence-electron chi connectivity index (χ1n) is 6.54. The first kappa shape index (κ1) is 15.4. The molecule has 0 atom stereocenters. The van der Waals surface area contributed by atoms with Crippen LogP contribution in [0.3, 0.4) is 0 Å². The molecule has 0 saturated heterocycles. The van der Waals surface area contributed by atoms with E-state index in [0.717, 1.165) is 0 Å². The first-order valence-corrected chi connectivity index (χ1v) is 6.54. The number of ketones is 1. The largest absolute Gasteiger partial charge is 0.496 e. The fraction of sp³-hybridized carbons (Fsp3) is 0.118. The average molecular weight is 298 g/mol. The quantitative estimate of drug-likeness (QED) is 0.465. The Kier molecular flexibility index (Phi) is 5.03. The molecule has 22 heavy (non-hydrogen) atoms. The number of aldehydes is 1. The number of benzene rings is 2. The van der Waals surface area contributed by atoms with Crippen molar-refractivity contribution >= 4 is 18.0 Å². The molecular formula is C17H14O5. The van der Waals surface area contributed by atoms with E-state index in [1.165, 1.54) is 31.4 Å². The van der Waals surface area contributed by atoms with E-state index in [-0.39, 0.29) is 18.0 Å². The Labute approximate surface area is 127 Å². The Hall–Kier alpha value is -2.95. The Balaban J connectivity index is 2.00. The van der Waals surface area contributed by atoms with Gasteiger partial charge in [0.15, 0.2) is 6.61 Å². The molecule has 0 spiro atoms. The Morgan fingerprint density at radius 2 is 1.73 bits per heavy atom. The number of Topliss-reactive ketones (excluding diaryl/α,β-unsaturated/α-hetero) is 1. The van der Waals surface area contributed by atoms with Crippen molar-refractivity contribution < 1.29 is 23.9 Å². The fourth-order valence-corrected chi connectivity index (χ4v) is 1.86. The number of ether oxygens (including phenoxy) is 2. The molecule has 0 heterocycles. The van der Waals surface area contributed by atoms with Crippen LogP contribution in [0.2, 0.25) is 0 Å². The van der Waals surface area contributed by atoms with E-state index in [2.05, 4.69) is 0 Å². The first-order chi connectivity index (χ1) is 10.7. The molecule has 0 amide bonds. The molecule has 0 fully saturated rings. The standard InChI is InChI=1S/C17H14O5/c1-21-16-5-3-2-4-14(16)15(19)11-22-17(20)13-8-6-12(10-18)7-9-13/h2-10H,11H2,1H3. The predicted octanol–water partition coefficient (Wildman–Crippen LogP) is 2.55. The van der Waals surface area contributed by atoms with Crippen LogP contribution in [0, 0.1) is 0 Å². The lowest BCUT2D eigenvalue weighted by Gasteiger charge is -2.08. The van der Waals surface area contributed by atoms with Crippen LogP contribution in [0.25, 0.3) is 0 Å². The van der Waals surface area contributed by atoms with Crippen LogP contribution < -0.4 is 4.74 Å². The number of hydrogen-bond donors (Lipinski definition) is 0. The van der Waals surface area contributed by atoms with Gasteiger partial charge in [0.05, 0.1) is 18.2 Å². The number of methoxy groups -OCH3 is 1. The summed E-state index contributed by atoms with van der Waals surface area (Å²) in [5.74, 6) is -0.546. The monoisotopic (exact) mass is 298 g/mol. The Morgan fingerprint density at radius 3 is 2.36 bits per heavy atom. The minimum Gasteiger partial charge on any atom is -0.496 e. The maximum absolute atomic E-state index is 12.1. The van der Waals surface area contributed by atoms with Crippen LogP contribution >= 0.6 is 0 Å². The molecule has 0 N–H and O–H groups in total. The summed E-state index contributed by atoms with van der Waals surface area (Å²) in [5, 5.41) is 0. The summed E-state index contributed by atoms with van der Waals surface area (Å²) >= 11 is 0. The molecule has 0 bridgehead atoms. The van der Waals surface area contributed by atoms with Gasteiger partial charge < -0.3 is 9.47 Å². The highest BCUT2D eigenvalue weighted by Crippen LogP contribution is 2.18. The molecule has 112 valence electrons. The van der Waals surface area contributed by atoms with Crippen molar-refractivity contribution in [1.29, 1.82) is 0 Å². The van der Waals surface area contributed by atoms with Crippen molar-refractivity contribution in [3.63, 3.8) is 0 Å². The molecule has 0 unspecified atom stereocenters. The van der Waals surface area contributed by atoms with E-state index >= 15 is 0 Å². The number of rotatable bonds is 6. The minimum absolute atomic E-state index is 0.276. The van der Waals surface area contributed by atoms with Gasteiger partial charge in [0, 0.05) is 5.56 Å². The molecule has 5 heteroatoms. The summed E-state index contributed by atoms with van der Waals surface area (Å²) in [5.41, 5.74) is 1.09. The van der Waals surface area contributed by atoms with E-state index < -0.39 is 5.97 Å². The van der Waals surface area contributed by atoms with Crippen molar-refractivity contribution in [3.05, 3.63) is 65.2 Å². The molecule has 5 nitrogen and oxygen atoms in total. The predicted molar refractivity (Wildman–Crippen MR) is 79.4 cm³/mol. The van der Waals surface area contributed by atoms with Crippen molar-refractivity contribution in [2.75, 3.05) is 13.7 Å². The van der Waals surface area contributed by atoms with Gasteiger partial charge in [0.2, 0.25) is 5.78 Å². The zero-order valence-electron chi connectivity index (χ0n) is 11.9. The second-order valence-corrected chi connectivity index (χ2v) is 4.44. The molecule has 0 saturated carbocycles. The number of carbonyl (C=O) groups is 3. The summed E-state index contributed by atoms with van der Waals surface area (Å²) in [6, 6.07) is 12.7. The molecule has 0 aromatic heterocycles. The number of hydrogen-bond acceptors (Lipinski definition) is 5. The second kappa shape index (κ2) is 7.17. The number of para-hydroxylation sites is 1. The van der Waals surface area contributed by atoms with Gasteiger partial charge in [-0.3, -0.25) is 9.59 Å². The van der Waals surface area contributed by atoms with Crippen LogP contribution in [-0.4, -0.2) is 31.8 Å². The number of esters is 1. The van der Waals surface area contributed by atoms with E-state index in [4.69, 9.17) is 9.47 Å². The van der Waals surface area contributed by atoms with E-state index in [1.54, 1.807) is 24.3 Å². The topological polar surface area (TPSA) is 69.7 Å². The fourth-order valence-electron chi connectivity index (χ4n) is 1.86. The summed E-state index contributed by atoms with van der Waals surface area (Å²) in [4.78, 5) is 34.4. The van der Waals surface area contributed by atoms with Crippen molar-refractivity contribution in [2.45, 2.75) is 0 Å². The maximum Gasteiger partial charge on any atom is 0.338 e. The molecule has 0 aliphatic rings. The summed E-state index contributed by atoms with van der Waals surface area (Å²) in [6.45, 7) is -0.380. The molecule has 0 aliphatic carbocycles. The van der Waals surface area contributed by atoms with Crippen molar-refractivity contribution in [2.24, 2.45) is 0 Å². The maximum atomic E-state index is 12.1. The highest BCUT2D eigenvalue weighted by Gasteiger charge is 2.15. The summed E-state index contributed by atoms with van der Waals surface area (Å²) in [7, 11) is 1.46. The van der Waals surface area contributed by atoms with Crippen LogP contribution in [-0.2, 0) is 4.74 Å². The van der Waals surface area contributed by atoms with Gasteiger partial charge in [-0.2, -0.15) is 0 Å². The van der Waals surface area contributed by atoms with Crippen LogP contribution in [0.5, 0.6) is 5.75 Å².